The number of H-pyrrole nitrogens is 1. The minimum absolute atomic E-state index is 0.210. The first kappa shape index (κ1) is 13.4. The Balaban J connectivity index is 2.33. The van der Waals surface area contributed by atoms with Gasteiger partial charge in [-0.05, 0) is 23.6 Å². The quantitative estimate of drug-likeness (QED) is 0.731. The summed E-state index contributed by atoms with van der Waals surface area (Å²) >= 11 is 0. The normalized spacial score (nSPS) is 11.4. The lowest BCUT2D eigenvalue weighted by molar-refractivity contribution is 0.0600. The van der Waals surface area contributed by atoms with Gasteiger partial charge in [-0.3, -0.25) is 9.20 Å². The molecule has 3 rings (SSSR count). The maximum absolute atomic E-state index is 12.2. The molecular formula is C15H15N3O3. The van der Waals surface area contributed by atoms with Crippen LogP contribution in [0.1, 0.15) is 35.7 Å². The first-order valence-electron chi connectivity index (χ1n) is 6.63. The topological polar surface area (TPSA) is 76.5 Å². The molecule has 0 saturated carbocycles. The van der Waals surface area contributed by atoms with Gasteiger partial charge in [0.15, 0.2) is 5.65 Å². The van der Waals surface area contributed by atoms with E-state index in [2.05, 4.69) is 28.6 Å². The molecule has 0 aliphatic carbocycles. The third-order valence-corrected chi connectivity index (χ3v) is 3.50. The number of nitrogens with one attached hydrogen (secondary N) is 1. The van der Waals surface area contributed by atoms with Crippen molar-refractivity contribution in [3.63, 3.8) is 0 Å². The van der Waals surface area contributed by atoms with E-state index in [4.69, 9.17) is 0 Å². The Hall–Kier alpha value is -2.63. The molecule has 0 aliphatic rings. The molecule has 0 unspecified atom stereocenters. The summed E-state index contributed by atoms with van der Waals surface area (Å²) in [5.41, 5.74) is 2.80. The largest absolute Gasteiger partial charge is 0.465 e. The molecule has 3 heterocycles. The highest BCUT2D eigenvalue weighted by atomic mass is 16.5. The summed E-state index contributed by atoms with van der Waals surface area (Å²) in [5, 5.41) is 0. The van der Waals surface area contributed by atoms with Gasteiger partial charge in [-0.2, -0.15) is 0 Å². The third-order valence-electron chi connectivity index (χ3n) is 3.50. The number of ether oxygens (including phenoxy) is 1. The Bertz CT molecular complexity index is 906. The van der Waals surface area contributed by atoms with E-state index in [9.17, 15) is 9.59 Å². The maximum atomic E-state index is 12.2. The molecule has 21 heavy (non-hydrogen) atoms. The van der Waals surface area contributed by atoms with E-state index in [0.29, 0.717) is 28.2 Å². The number of hydrogen-bond donors (Lipinski definition) is 1. The van der Waals surface area contributed by atoms with Crippen molar-refractivity contribution in [1.29, 1.82) is 0 Å². The Morgan fingerprint density at radius 2 is 2.14 bits per heavy atom. The lowest BCUT2D eigenvalue weighted by Crippen LogP contribution is -2.11. The first-order chi connectivity index (χ1) is 10.0. The monoisotopic (exact) mass is 285 g/mol. The highest BCUT2D eigenvalue weighted by molar-refractivity contribution is 5.92. The van der Waals surface area contributed by atoms with Crippen LogP contribution in [0, 0.1) is 0 Å². The molecule has 3 aromatic rings. The van der Waals surface area contributed by atoms with Gasteiger partial charge in [0, 0.05) is 12.4 Å². The van der Waals surface area contributed by atoms with E-state index in [1.54, 1.807) is 10.5 Å². The van der Waals surface area contributed by atoms with Crippen molar-refractivity contribution in [1.82, 2.24) is 14.4 Å². The molecule has 0 spiro atoms. The van der Waals surface area contributed by atoms with Gasteiger partial charge in [-0.25, -0.2) is 9.78 Å². The molecule has 0 bridgehead atoms. The molecule has 0 aromatic carbocycles. The minimum Gasteiger partial charge on any atom is -0.465 e. The molecule has 3 aromatic heterocycles. The second-order valence-corrected chi connectivity index (χ2v) is 5.22. The van der Waals surface area contributed by atoms with Crippen LogP contribution in [0.2, 0.25) is 0 Å². The van der Waals surface area contributed by atoms with Crippen molar-refractivity contribution in [2.45, 2.75) is 19.8 Å². The van der Waals surface area contributed by atoms with Crippen LogP contribution in [0.15, 0.2) is 29.3 Å². The van der Waals surface area contributed by atoms with Crippen molar-refractivity contribution in [2.75, 3.05) is 7.11 Å². The number of carbonyl (C=O) groups excluding carboxylic acids is 1. The third kappa shape index (κ3) is 2.08. The lowest BCUT2D eigenvalue weighted by Gasteiger charge is -2.04. The van der Waals surface area contributed by atoms with Gasteiger partial charge in [0.1, 0.15) is 5.52 Å². The van der Waals surface area contributed by atoms with Crippen molar-refractivity contribution >= 4 is 22.6 Å². The molecule has 0 amide bonds. The number of aromatic amines is 1. The maximum Gasteiger partial charge on any atom is 0.339 e. The average molecular weight is 285 g/mol. The van der Waals surface area contributed by atoms with Crippen LogP contribution in [0.3, 0.4) is 0 Å². The van der Waals surface area contributed by atoms with E-state index < -0.39 is 5.97 Å². The standard InChI is InChI=1S/C15H15N3O3/c1-8(2)10-5-12-14(19)17-11-4-9(15(20)21-3)6-16-13(11)18(12)7-10/h4-8H,1-3H3,(H,17,19). The fourth-order valence-corrected chi connectivity index (χ4v) is 2.31. The Morgan fingerprint density at radius 1 is 1.38 bits per heavy atom. The van der Waals surface area contributed by atoms with Crippen molar-refractivity contribution in [2.24, 2.45) is 0 Å². The molecule has 0 fully saturated rings. The molecule has 0 saturated heterocycles. The summed E-state index contributed by atoms with van der Waals surface area (Å²) < 4.78 is 6.42. The van der Waals surface area contributed by atoms with Gasteiger partial charge in [-0.15, -0.1) is 0 Å². The van der Waals surface area contributed by atoms with Crippen LogP contribution in [-0.2, 0) is 4.74 Å². The Kier molecular flexibility index (Phi) is 3.01. The van der Waals surface area contributed by atoms with E-state index >= 15 is 0 Å². The predicted molar refractivity (Wildman–Crippen MR) is 78.7 cm³/mol. The van der Waals surface area contributed by atoms with Crippen LogP contribution in [0.4, 0.5) is 0 Å². The number of nitrogens with zero attached hydrogens (tertiary/aromatic N) is 2. The average Bonchev–Trinajstić information content (AvgIpc) is 2.92. The lowest BCUT2D eigenvalue weighted by atomic mass is 10.1. The SMILES string of the molecule is COC(=O)c1cnc2c(c1)[nH]c(=O)c1cc(C(C)C)cn12. The minimum atomic E-state index is -0.485. The Morgan fingerprint density at radius 3 is 2.81 bits per heavy atom. The number of rotatable bonds is 2. The highest BCUT2D eigenvalue weighted by Gasteiger charge is 2.13. The smallest absolute Gasteiger partial charge is 0.339 e. The van der Waals surface area contributed by atoms with Crippen LogP contribution < -0.4 is 5.56 Å². The van der Waals surface area contributed by atoms with Crippen LogP contribution in [0.5, 0.6) is 0 Å². The number of fused-ring (bicyclic) bond motifs is 3. The van der Waals surface area contributed by atoms with Gasteiger partial charge in [-0.1, -0.05) is 13.8 Å². The second kappa shape index (κ2) is 4.73. The molecular weight excluding hydrogens is 270 g/mol. The first-order valence-corrected chi connectivity index (χ1v) is 6.63. The summed E-state index contributed by atoms with van der Waals surface area (Å²) in [6.45, 7) is 4.13. The molecule has 1 N–H and O–H groups in total. The number of pyridine rings is 1. The second-order valence-electron chi connectivity index (χ2n) is 5.22. The van der Waals surface area contributed by atoms with Crippen LogP contribution in [0.25, 0.3) is 16.7 Å². The van der Waals surface area contributed by atoms with Gasteiger partial charge in [0.2, 0.25) is 0 Å². The number of carbonyl (C=O) groups is 1. The molecule has 0 aliphatic heterocycles. The predicted octanol–water partition coefficient (Wildman–Crippen LogP) is 2.09. The molecule has 108 valence electrons. The fraction of sp³-hybridized carbons (Fsp3) is 0.267. The zero-order valence-corrected chi connectivity index (χ0v) is 12.0. The number of methoxy groups -OCH3 is 1. The van der Waals surface area contributed by atoms with E-state index in [-0.39, 0.29) is 5.56 Å². The van der Waals surface area contributed by atoms with Crippen molar-refractivity contribution in [3.8, 4) is 0 Å². The molecule has 6 nitrogen and oxygen atoms in total. The van der Waals surface area contributed by atoms with Crippen LogP contribution in [-0.4, -0.2) is 27.4 Å². The van der Waals surface area contributed by atoms with E-state index in [1.165, 1.54) is 13.3 Å². The summed E-state index contributed by atoms with van der Waals surface area (Å²) in [6.07, 6.45) is 3.35. The number of hydrogen-bond acceptors (Lipinski definition) is 4. The highest BCUT2D eigenvalue weighted by Crippen LogP contribution is 2.19. The summed E-state index contributed by atoms with van der Waals surface area (Å²) in [6, 6.07) is 3.43. The summed E-state index contributed by atoms with van der Waals surface area (Å²) in [7, 11) is 1.30. The van der Waals surface area contributed by atoms with Gasteiger partial charge < -0.3 is 9.72 Å². The Labute approximate surface area is 120 Å². The van der Waals surface area contributed by atoms with Crippen LogP contribution >= 0.6 is 0 Å². The molecule has 0 atom stereocenters. The van der Waals surface area contributed by atoms with Gasteiger partial charge >= 0.3 is 5.97 Å². The van der Waals surface area contributed by atoms with E-state index in [1.807, 2.05) is 12.3 Å². The van der Waals surface area contributed by atoms with Crippen molar-refractivity contribution < 1.29 is 9.53 Å². The summed E-state index contributed by atoms with van der Waals surface area (Å²) in [5.74, 6) is -0.172. The van der Waals surface area contributed by atoms with Crippen molar-refractivity contribution in [3.05, 3.63) is 46.0 Å². The molecule has 0 radical (unpaired) electrons. The summed E-state index contributed by atoms with van der Waals surface area (Å²) in [4.78, 5) is 30.7. The van der Waals surface area contributed by atoms with Gasteiger partial charge in [0.05, 0.1) is 18.2 Å². The zero-order valence-electron chi connectivity index (χ0n) is 12.0. The molecule has 6 heteroatoms. The number of esters is 1. The van der Waals surface area contributed by atoms with Gasteiger partial charge in [0.25, 0.3) is 5.56 Å². The zero-order chi connectivity index (χ0) is 15.1. The van der Waals surface area contributed by atoms with E-state index in [0.717, 1.165) is 5.56 Å². The fourth-order valence-electron chi connectivity index (χ4n) is 2.31. The number of aromatic nitrogens is 3.